The maximum absolute atomic E-state index is 10.5. The monoisotopic (exact) mass is 274 g/mol. The van der Waals surface area contributed by atoms with Gasteiger partial charge in [-0.05, 0) is 40.1 Å². The minimum atomic E-state index is -0.862. The predicted molar refractivity (Wildman–Crippen MR) is 81.5 cm³/mol. The van der Waals surface area contributed by atoms with Gasteiger partial charge in [0, 0.05) is 12.4 Å². The van der Waals surface area contributed by atoms with E-state index < -0.39 is 12.0 Å². The molecule has 0 aliphatic carbocycles. The fourth-order valence-corrected chi connectivity index (χ4v) is 2.48. The molecule has 0 aliphatic rings. The Hall–Kier alpha value is -2.70. The molecule has 0 saturated carbocycles. The van der Waals surface area contributed by atoms with Crippen LogP contribution in [0.15, 0.2) is 67.0 Å². The van der Waals surface area contributed by atoms with Gasteiger partial charge in [0.2, 0.25) is 0 Å². The SMILES string of the molecule is N#CC(c1ccc2ccccc2c1)C(O)c1ccncc1. The molecule has 2 unspecified atom stereocenters. The quantitative estimate of drug-likeness (QED) is 0.794. The molecule has 2 aromatic carbocycles. The van der Waals surface area contributed by atoms with E-state index in [1.165, 1.54) is 0 Å². The van der Waals surface area contributed by atoms with E-state index in [1.54, 1.807) is 24.5 Å². The molecule has 3 nitrogen and oxygen atoms in total. The third-order valence-corrected chi connectivity index (χ3v) is 3.64. The molecule has 0 radical (unpaired) electrons. The summed E-state index contributed by atoms with van der Waals surface area (Å²) in [7, 11) is 0. The summed E-state index contributed by atoms with van der Waals surface area (Å²) in [5.74, 6) is -0.600. The number of pyridine rings is 1. The molecule has 3 aromatic rings. The van der Waals surface area contributed by atoms with E-state index in [9.17, 15) is 10.4 Å². The van der Waals surface area contributed by atoms with E-state index in [-0.39, 0.29) is 0 Å². The number of fused-ring (bicyclic) bond motifs is 1. The fourth-order valence-electron chi connectivity index (χ4n) is 2.48. The van der Waals surface area contributed by atoms with E-state index in [0.717, 1.165) is 16.3 Å². The van der Waals surface area contributed by atoms with Crippen molar-refractivity contribution < 1.29 is 5.11 Å². The Morgan fingerprint density at radius 3 is 2.33 bits per heavy atom. The summed E-state index contributed by atoms with van der Waals surface area (Å²) < 4.78 is 0. The Bertz CT molecular complexity index is 793. The third-order valence-electron chi connectivity index (χ3n) is 3.64. The lowest BCUT2D eigenvalue weighted by Gasteiger charge is -2.17. The van der Waals surface area contributed by atoms with Crippen LogP contribution in [-0.2, 0) is 0 Å². The van der Waals surface area contributed by atoms with E-state index in [2.05, 4.69) is 11.1 Å². The first-order valence-corrected chi connectivity index (χ1v) is 6.76. The highest BCUT2D eigenvalue weighted by Crippen LogP contribution is 2.31. The zero-order valence-corrected chi connectivity index (χ0v) is 11.3. The van der Waals surface area contributed by atoms with Crippen molar-refractivity contribution in [1.29, 1.82) is 5.26 Å². The Balaban J connectivity index is 2.00. The van der Waals surface area contributed by atoms with Crippen molar-refractivity contribution in [2.75, 3.05) is 0 Å². The van der Waals surface area contributed by atoms with Gasteiger partial charge in [-0.1, -0.05) is 36.4 Å². The Labute approximate surface area is 123 Å². The maximum Gasteiger partial charge on any atom is 0.101 e. The summed E-state index contributed by atoms with van der Waals surface area (Å²) in [6.45, 7) is 0. The first kappa shape index (κ1) is 13.3. The second-order valence-corrected chi connectivity index (χ2v) is 4.94. The van der Waals surface area contributed by atoms with Gasteiger partial charge in [0.05, 0.1) is 12.2 Å². The second-order valence-electron chi connectivity index (χ2n) is 4.94. The van der Waals surface area contributed by atoms with Crippen molar-refractivity contribution >= 4 is 10.8 Å². The predicted octanol–water partition coefficient (Wildman–Crippen LogP) is 3.58. The largest absolute Gasteiger partial charge is 0.387 e. The molecule has 1 heterocycles. The molecule has 1 aromatic heterocycles. The molecule has 0 aliphatic heterocycles. The van der Waals surface area contributed by atoms with Gasteiger partial charge in [-0.15, -0.1) is 0 Å². The van der Waals surface area contributed by atoms with Crippen LogP contribution in [0.1, 0.15) is 23.1 Å². The minimum absolute atomic E-state index is 0.600. The lowest BCUT2D eigenvalue weighted by atomic mass is 9.89. The topological polar surface area (TPSA) is 56.9 Å². The average Bonchev–Trinajstić information content (AvgIpc) is 2.56. The van der Waals surface area contributed by atoms with Gasteiger partial charge in [0.15, 0.2) is 0 Å². The number of benzene rings is 2. The molecule has 102 valence electrons. The van der Waals surface area contributed by atoms with Crippen LogP contribution in [-0.4, -0.2) is 10.1 Å². The van der Waals surface area contributed by atoms with Gasteiger partial charge < -0.3 is 5.11 Å². The number of nitriles is 1. The molecule has 0 saturated heterocycles. The Morgan fingerprint density at radius 2 is 1.62 bits per heavy atom. The number of nitrogens with zero attached hydrogens (tertiary/aromatic N) is 2. The second kappa shape index (κ2) is 5.74. The zero-order valence-electron chi connectivity index (χ0n) is 11.3. The molecule has 0 bridgehead atoms. The first-order valence-electron chi connectivity index (χ1n) is 6.76. The summed E-state index contributed by atoms with van der Waals surface area (Å²) in [4.78, 5) is 3.93. The summed E-state index contributed by atoms with van der Waals surface area (Å²) in [6.07, 6.45) is 2.37. The number of aliphatic hydroxyl groups excluding tert-OH is 1. The van der Waals surface area contributed by atoms with Crippen molar-refractivity contribution in [2.24, 2.45) is 0 Å². The first-order chi connectivity index (χ1) is 10.3. The molecule has 21 heavy (non-hydrogen) atoms. The third kappa shape index (κ3) is 2.62. The lowest BCUT2D eigenvalue weighted by Crippen LogP contribution is -2.09. The smallest absolute Gasteiger partial charge is 0.101 e. The molecular weight excluding hydrogens is 260 g/mol. The van der Waals surface area contributed by atoms with Gasteiger partial charge >= 0.3 is 0 Å². The van der Waals surface area contributed by atoms with Crippen LogP contribution in [0.5, 0.6) is 0 Å². The molecule has 0 spiro atoms. The number of rotatable bonds is 3. The van der Waals surface area contributed by atoms with Crippen LogP contribution in [0, 0.1) is 11.3 Å². The Kier molecular flexibility index (Phi) is 3.63. The van der Waals surface area contributed by atoms with Crippen LogP contribution < -0.4 is 0 Å². The van der Waals surface area contributed by atoms with Crippen LogP contribution in [0.4, 0.5) is 0 Å². The molecule has 0 amide bonds. The van der Waals surface area contributed by atoms with Crippen LogP contribution in [0.25, 0.3) is 10.8 Å². The van der Waals surface area contributed by atoms with Crippen molar-refractivity contribution in [3.05, 3.63) is 78.1 Å². The van der Waals surface area contributed by atoms with E-state index in [0.29, 0.717) is 5.56 Å². The standard InChI is InChI=1S/C18H14N2O/c19-12-17(18(21)14-7-9-20-10-8-14)16-6-5-13-3-1-2-4-15(13)11-16/h1-11,17-18,21H. The molecular formula is C18H14N2O. The normalized spacial score (nSPS) is 13.5. The van der Waals surface area contributed by atoms with E-state index in [4.69, 9.17) is 0 Å². The molecule has 1 N–H and O–H groups in total. The number of aromatic nitrogens is 1. The van der Waals surface area contributed by atoms with E-state index >= 15 is 0 Å². The van der Waals surface area contributed by atoms with Crippen molar-refractivity contribution in [1.82, 2.24) is 4.98 Å². The number of aliphatic hydroxyl groups is 1. The van der Waals surface area contributed by atoms with Gasteiger partial charge in [0.25, 0.3) is 0 Å². The number of hydrogen-bond acceptors (Lipinski definition) is 3. The fraction of sp³-hybridized carbons (Fsp3) is 0.111. The van der Waals surface area contributed by atoms with Gasteiger partial charge in [0.1, 0.15) is 5.92 Å². The van der Waals surface area contributed by atoms with E-state index in [1.807, 2.05) is 42.5 Å². The van der Waals surface area contributed by atoms with Crippen LogP contribution in [0.2, 0.25) is 0 Å². The molecule has 3 heteroatoms. The number of hydrogen-bond donors (Lipinski definition) is 1. The van der Waals surface area contributed by atoms with Gasteiger partial charge in [-0.2, -0.15) is 5.26 Å². The summed E-state index contributed by atoms with van der Waals surface area (Å²) in [5.41, 5.74) is 1.52. The minimum Gasteiger partial charge on any atom is -0.387 e. The van der Waals surface area contributed by atoms with Gasteiger partial charge in [-0.3, -0.25) is 4.98 Å². The van der Waals surface area contributed by atoms with Crippen molar-refractivity contribution in [3.8, 4) is 6.07 Å². The average molecular weight is 274 g/mol. The van der Waals surface area contributed by atoms with Crippen molar-refractivity contribution in [3.63, 3.8) is 0 Å². The lowest BCUT2D eigenvalue weighted by molar-refractivity contribution is 0.164. The molecule has 2 atom stereocenters. The summed E-state index contributed by atoms with van der Waals surface area (Å²) in [5, 5.41) is 22.1. The Morgan fingerprint density at radius 1 is 0.905 bits per heavy atom. The van der Waals surface area contributed by atoms with Crippen molar-refractivity contribution in [2.45, 2.75) is 12.0 Å². The highest BCUT2D eigenvalue weighted by molar-refractivity contribution is 5.83. The highest BCUT2D eigenvalue weighted by Gasteiger charge is 2.22. The summed E-state index contributed by atoms with van der Waals surface area (Å²) in [6, 6.07) is 19.5. The zero-order chi connectivity index (χ0) is 14.7. The summed E-state index contributed by atoms with van der Waals surface area (Å²) >= 11 is 0. The van der Waals surface area contributed by atoms with Crippen LogP contribution >= 0.6 is 0 Å². The maximum atomic E-state index is 10.5. The van der Waals surface area contributed by atoms with Gasteiger partial charge in [-0.25, -0.2) is 0 Å². The molecule has 0 fully saturated rings. The highest BCUT2D eigenvalue weighted by atomic mass is 16.3. The van der Waals surface area contributed by atoms with Crippen LogP contribution in [0.3, 0.4) is 0 Å². The molecule has 3 rings (SSSR count).